The molecule has 0 aromatic carbocycles. The minimum atomic E-state index is -0.566. The fraction of sp³-hybridized carbons (Fsp3) is 0.933. The first kappa shape index (κ1) is 15.7. The van der Waals surface area contributed by atoms with Crippen molar-refractivity contribution < 1.29 is 24.0 Å². The Morgan fingerprint density at radius 1 is 1.30 bits per heavy atom. The van der Waals surface area contributed by atoms with E-state index in [4.69, 9.17) is 19.2 Å². The van der Waals surface area contributed by atoms with E-state index in [1.54, 1.807) is 6.92 Å². The minimum absolute atomic E-state index is 0.0423. The van der Waals surface area contributed by atoms with Crippen molar-refractivity contribution in [3.05, 3.63) is 0 Å². The summed E-state index contributed by atoms with van der Waals surface area (Å²) in [6, 6.07) is 0. The molecule has 0 aliphatic carbocycles. The Labute approximate surface area is 120 Å². The van der Waals surface area contributed by atoms with E-state index in [9.17, 15) is 4.79 Å². The van der Waals surface area contributed by atoms with Crippen LogP contribution >= 0.6 is 0 Å². The van der Waals surface area contributed by atoms with Crippen molar-refractivity contribution in [3.63, 3.8) is 0 Å². The van der Waals surface area contributed by atoms with Gasteiger partial charge in [0.1, 0.15) is 6.10 Å². The fourth-order valence-corrected chi connectivity index (χ4v) is 2.89. The van der Waals surface area contributed by atoms with Crippen molar-refractivity contribution >= 4 is 5.97 Å². The Balaban J connectivity index is 1.77. The monoisotopic (exact) mass is 286 g/mol. The molecule has 5 nitrogen and oxygen atoms in total. The second kappa shape index (κ2) is 7.38. The summed E-state index contributed by atoms with van der Waals surface area (Å²) in [5.41, 5.74) is 0. The highest BCUT2D eigenvalue weighted by Gasteiger charge is 2.50. The highest BCUT2D eigenvalue weighted by atomic mass is 17.2. The maximum absolute atomic E-state index is 11.5. The van der Waals surface area contributed by atoms with E-state index in [2.05, 4.69) is 6.92 Å². The first-order valence-corrected chi connectivity index (χ1v) is 7.87. The zero-order valence-corrected chi connectivity index (χ0v) is 12.6. The number of hydrogen-bond donors (Lipinski definition) is 0. The molecule has 0 unspecified atom stereocenters. The summed E-state index contributed by atoms with van der Waals surface area (Å²) in [6.07, 6.45) is 7.18. The van der Waals surface area contributed by atoms with Crippen LogP contribution in [0.25, 0.3) is 0 Å². The van der Waals surface area contributed by atoms with E-state index in [1.165, 1.54) is 19.3 Å². The second-order valence-corrected chi connectivity index (χ2v) is 5.64. The van der Waals surface area contributed by atoms with Crippen molar-refractivity contribution in [1.29, 1.82) is 0 Å². The molecule has 2 heterocycles. The van der Waals surface area contributed by atoms with E-state index < -0.39 is 5.79 Å². The van der Waals surface area contributed by atoms with Gasteiger partial charge in [0.2, 0.25) is 5.79 Å². The van der Waals surface area contributed by atoms with Crippen molar-refractivity contribution in [2.45, 2.75) is 83.2 Å². The SMILES string of the molecule is CCCCCC[C@]12CC[C@H](O1)[C@@H](CC(=O)OCC)OO2. The summed E-state index contributed by atoms with van der Waals surface area (Å²) in [7, 11) is 0. The van der Waals surface area contributed by atoms with Gasteiger partial charge in [-0.3, -0.25) is 4.79 Å². The first-order chi connectivity index (χ1) is 9.69. The highest BCUT2D eigenvalue weighted by Crippen LogP contribution is 2.42. The van der Waals surface area contributed by atoms with Crippen molar-refractivity contribution in [1.82, 2.24) is 0 Å². The van der Waals surface area contributed by atoms with E-state index in [0.29, 0.717) is 6.61 Å². The molecular weight excluding hydrogens is 260 g/mol. The number of rotatable bonds is 8. The van der Waals surface area contributed by atoms with E-state index >= 15 is 0 Å². The van der Waals surface area contributed by atoms with Crippen LogP contribution in [0.1, 0.15) is 65.2 Å². The van der Waals surface area contributed by atoms with Crippen LogP contribution in [0.5, 0.6) is 0 Å². The van der Waals surface area contributed by atoms with Gasteiger partial charge in [-0.1, -0.05) is 26.2 Å². The standard InChI is InChI=1S/C15H26O5/c1-3-5-6-7-9-15-10-8-12(18-15)13(19-20-15)11-14(16)17-4-2/h12-13H,3-11H2,1-2H3/t12-,13+,15-/m0/s1. The molecule has 0 aromatic rings. The predicted octanol–water partition coefficient (Wildman–Crippen LogP) is 3.12. The molecule has 0 spiro atoms. The first-order valence-electron chi connectivity index (χ1n) is 7.87. The average molecular weight is 286 g/mol. The maximum Gasteiger partial charge on any atom is 0.308 e. The van der Waals surface area contributed by atoms with Crippen LogP contribution in [0.3, 0.4) is 0 Å². The minimum Gasteiger partial charge on any atom is -0.466 e. The highest BCUT2D eigenvalue weighted by molar-refractivity contribution is 5.70. The lowest BCUT2D eigenvalue weighted by Gasteiger charge is -2.36. The average Bonchev–Trinajstić information content (AvgIpc) is 2.78. The number of ether oxygens (including phenoxy) is 2. The Bertz CT molecular complexity index is 319. The zero-order valence-electron chi connectivity index (χ0n) is 12.6. The number of esters is 1. The molecule has 5 heteroatoms. The van der Waals surface area contributed by atoms with Crippen molar-refractivity contribution in [3.8, 4) is 0 Å². The molecule has 2 aliphatic heterocycles. The topological polar surface area (TPSA) is 54.0 Å². The molecule has 20 heavy (non-hydrogen) atoms. The molecule has 0 aromatic heterocycles. The number of hydrogen-bond acceptors (Lipinski definition) is 5. The van der Waals surface area contributed by atoms with Gasteiger partial charge in [-0.25, -0.2) is 9.78 Å². The number of carbonyl (C=O) groups is 1. The van der Waals surface area contributed by atoms with Crippen LogP contribution in [-0.2, 0) is 24.0 Å². The van der Waals surface area contributed by atoms with Crippen molar-refractivity contribution in [2.75, 3.05) is 6.61 Å². The van der Waals surface area contributed by atoms with Gasteiger partial charge in [-0.05, 0) is 19.8 Å². The molecule has 2 fully saturated rings. The van der Waals surface area contributed by atoms with Crippen LogP contribution in [-0.4, -0.2) is 30.6 Å². The molecule has 2 aliphatic rings. The molecule has 116 valence electrons. The summed E-state index contributed by atoms with van der Waals surface area (Å²) in [6.45, 7) is 4.38. The molecule has 2 bridgehead atoms. The van der Waals surface area contributed by atoms with Gasteiger partial charge in [0, 0.05) is 12.8 Å². The Hall–Kier alpha value is -0.650. The summed E-state index contributed by atoms with van der Waals surface area (Å²) < 4.78 is 10.9. The molecule has 0 N–H and O–H groups in total. The molecule has 2 saturated heterocycles. The molecule has 0 saturated carbocycles. The third kappa shape index (κ3) is 3.93. The lowest BCUT2D eigenvalue weighted by Crippen LogP contribution is -2.44. The summed E-state index contributed by atoms with van der Waals surface area (Å²) >= 11 is 0. The van der Waals surface area contributed by atoms with Gasteiger partial charge in [0.05, 0.1) is 19.1 Å². The van der Waals surface area contributed by atoms with Crippen LogP contribution in [0.15, 0.2) is 0 Å². The second-order valence-electron chi connectivity index (χ2n) is 5.64. The van der Waals surface area contributed by atoms with E-state index in [1.807, 2.05) is 0 Å². The fourth-order valence-electron chi connectivity index (χ4n) is 2.89. The van der Waals surface area contributed by atoms with Crippen LogP contribution in [0.2, 0.25) is 0 Å². The molecular formula is C15H26O5. The van der Waals surface area contributed by atoms with E-state index in [-0.39, 0.29) is 24.6 Å². The number of fused-ring (bicyclic) bond motifs is 2. The molecule has 3 atom stereocenters. The van der Waals surface area contributed by atoms with Gasteiger partial charge in [0.25, 0.3) is 0 Å². The van der Waals surface area contributed by atoms with Crippen LogP contribution < -0.4 is 0 Å². The van der Waals surface area contributed by atoms with Gasteiger partial charge >= 0.3 is 5.97 Å². The zero-order chi connectivity index (χ0) is 14.4. The third-order valence-electron chi connectivity index (χ3n) is 4.00. The van der Waals surface area contributed by atoms with Crippen molar-refractivity contribution in [2.24, 2.45) is 0 Å². The van der Waals surface area contributed by atoms with Gasteiger partial charge in [-0.2, -0.15) is 0 Å². The van der Waals surface area contributed by atoms with Gasteiger partial charge in [0.15, 0.2) is 0 Å². The summed E-state index contributed by atoms with van der Waals surface area (Å²) in [5.74, 6) is -0.823. The normalized spacial score (nSPS) is 32.3. The Morgan fingerprint density at radius 3 is 2.90 bits per heavy atom. The van der Waals surface area contributed by atoms with Crippen LogP contribution in [0, 0.1) is 0 Å². The summed E-state index contributed by atoms with van der Waals surface area (Å²) in [5, 5.41) is 0. The third-order valence-corrected chi connectivity index (χ3v) is 4.00. The largest absolute Gasteiger partial charge is 0.466 e. The molecule has 2 rings (SSSR count). The molecule has 0 amide bonds. The number of carbonyl (C=O) groups excluding carboxylic acids is 1. The lowest BCUT2D eigenvalue weighted by atomic mass is 10.0. The van der Waals surface area contributed by atoms with Crippen LogP contribution in [0.4, 0.5) is 0 Å². The smallest absolute Gasteiger partial charge is 0.308 e. The maximum atomic E-state index is 11.5. The Kier molecular flexibility index (Phi) is 5.81. The summed E-state index contributed by atoms with van der Waals surface area (Å²) in [4.78, 5) is 22.4. The number of unbranched alkanes of at least 4 members (excludes halogenated alkanes) is 3. The predicted molar refractivity (Wildman–Crippen MR) is 72.8 cm³/mol. The Morgan fingerprint density at radius 2 is 2.15 bits per heavy atom. The quantitative estimate of drug-likeness (QED) is 0.390. The lowest BCUT2D eigenvalue weighted by molar-refractivity contribution is -0.485. The van der Waals surface area contributed by atoms with Gasteiger partial charge in [-0.15, -0.1) is 0 Å². The molecule has 0 radical (unpaired) electrons. The van der Waals surface area contributed by atoms with E-state index in [0.717, 1.165) is 25.7 Å². The van der Waals surface area contributed by atoms with Gasteiger partial charge < -0.3 is 9.47 Å².